The molecule has 6 heterocycles. The summed E-state index contributed by atoms with van der Waals surface area (Å²) in [6.45, 7) is 17.9. The maximum atomic E-state index is 12.1. The molecule has 4 aliphatic rings. The second kappa shape index (κ2) is 36.6. The maximum Gasteiger partial charge on any atom is 0.229 e. The normalized spacial score (nSPS) is 15.7. The molecule has 0 unspecified atom stereocenters. The smallest absolute Gasteiger partial charge is 0.229 e. The largest absolute Gasteiger partial charge is 0.496 e. The zero-order valence-corrected chi connectivity index (χ0v) is 59.6. The summed E-state index contributed by atoms with van der Waals surface area (Å²) in [5.41, 5.74) is 14.3. The number of benzene rings is 4. The van der Waals surface area contributed by atoms with Crippen molar-refractivity contribution in [2.75, 3.05) is 165 Å². The van der Waals surface area contributed by atoms with Crippen LogP contribution in [0.3, 0.4) is 0 Å². The van der Waals surface area contributed by atoms with Crippen LogP contribution in [0.1, 0.15) is 55.4 Å². The molecule has 0 amide bonds. The highest BCUT2D eigenvalue weighted by Crippen LogP contribution is 2.39. The van der Waals surface area contributed by atoms with Gasteiger partial charge in [0.25, 0.3) is 0 Å². The molecule has 4 saturated heterocycles. The number of piperazine rings is 2. The van der Waals surface area contributed by atoms with Crippen LogP contribution in [-0.4, -0.2) is 202 Å². The van der Waals surface area contributed by atoms with Crippen LogP contribution in [-0.2, 0) is 31.2 Å². The number of nitrogens with two attached hydrogens (primary N) is 1. The molecule has 0 aliphatic carbocycles. The highest BCUT2D eigenvalue weighted by Gasteiger charge is 2.30. The van der Waals surface area contributed by atoms with E-state index in [9.17, 15) is 16.8 Å². The van der Waals surface area contributed by atoms with Gasteiger partial charge in [-0.2, -0.15) is 9.97 Å². The van der Waals surface area contributed by atoms with Crippen molar-refractivity contribution in [1.29, 1.82) is 0 Å². The van der Waals surface area contributed by atoms with Gasteiger partial charge in [-0.3, -0.25) is 15.7 Å². The number of nitrogens with zero attached hydrogens (tertiary/aromatic N) is 10. The Labute approximate surface area is 583 Å². The van der Waals surface area contributed by atoms with E-state index in [1.54, 1.807) is 50.6 Å². The van der Waals surface area contributed by atoms with Gasteiger partial charge in [0.2, 0.25) is 11.2 Å². The molecular formula is C69H90Cl3N14O8S2-. The minimum Gasteiger partial charge on any atom is -0.496 e. The minimum absolute atomic E-state index is 0. The predicted octanol–water partition coefficient (Wildman–Crippen LogP) is 10.4. The van der Waals surface area contributed by atoms with E-state index in [-0.39, 0.29) is 40.1 Å². The molecule has 0 atom stereocenters. The standard InChI is InChI=1S/C31H42ClN7O4S.C18H30N4O.C13H13Cl2N3O3S.C6H.CH4/c1-21-17-26(29(43-4)18-27(21)39-11-9-22(10-12-39)38-15-13-37(2)14-16-38)35-31-33-19-24(32)30(36-31)34-25-7-6-8-28(42-3)23(25)20-44(5,40)41;1-14-12-16(19)18(23-3)13-17(14)22-6-4-15(5-7-22)21-10-8-20(2)9-11-21;1-21-11-5-3-4-10(8(11)7-22(2,19)20)17-12-9(14)6-16-13(15)18-12;1-3-5-6-4-2;/h6-8,17-19,22H,9-16,20H2,1-5H3,(H2,33,34,35,36);12-13,15H,4-11,19H2,1-3H3;3-6H,7H2,1-2H3,(H,16,17,18);1H;1H4/q;;;-1;. The lowest BCUT2D eigenvalue weighted by Crippen LogP contribution is -2.52. The Balaban J connectivity index is 0.000000235. The molecule has 4 fully saturated rings. The van der Waals surface area contributed by atoms with E-state index in [1.807, 2.05) is 17.9 Å². The molecule has 22 nitrogen and oxygen atoms in total. The second-order valence-corrected chi connectivity index (χ2v) is 29.0. The summed E-state index contributed by atoms with van der Waals surface area (Å²) < 4.78 is 69.4. The summed E-state index contributed by atoms with van der Waals surface area (Å²) in [6.07, 6.45) is 20.8. The number of nitrogen functional groups attached to an aromatic ring is 1. The molecule has 5 N–H and O–H groups in total. The number of rotatable bonds is 18. The third-order valence-corrected chi connectivity index (χ3v) is 19.1. The molecule has 27 heteroatoms. The quantitative estimate of drug-likeness (QED) is 0.0271. The van der Waals surface area contributed by atoms with Gasteiger partial charge in [-0.25, -0.2) is 32.7 Å². The molecule has 96 heavy (non-hydrogen) atoms. The molecule has 518 valence electrons. The van der Waals surface area contributed by atoms with Crippen LogP contribution in [0, 0.1) is 50.4 Å². The van der Waals surface area contributed by atoms with E-state index in [2.05, 4.69) is 130 Å². The fourth-order valence-electron chi connectivity index (χ4n) is 11.8. The number of likely N-dealkylation sites (N-methyl/N-ethyl adjacent to an activating group) is 2. The van der Waals surface area contributed by atoms with Crippen LogP contribution in [0.15, 0.2) is 73.1 Å². The highest BCUT2D eigenvalue weighted by molar-refractivity contribution is 7.90. The Kier molecular flexibility index (Phi) is 29.5. The van der Waals surface area contributed by atoms with Gasteiger partial charge in [-0.15, -0.1) is 12.3 Å². The highest BCUT2D eigenvalue weighted by atomic mass is 35.5. The summed E-state index contributed by atoms with van der Waals surface area (Å²) in [5.74, 6) is 11.0. The van der Waals surface area contributed by atoms with Crippen molar-refractivity contribution in [2.45, 2.75) is 70.5 Å². The van der Waals surface area contributed by atoms with Crippen molar-refractivity contribution in [1.82, 2.24) is 39.5 Å². The van der Waals surface area contributed by atoms with Gasteiger partial charge < -0.3 is 66.7 Å². The van der Waals surface area contributed by atoms with Crippen LogP contribution >= 0.6 is 34.8 Å². The third-order valence-electron chi connectivity index (χ3n) is 16.7. The Morgan fingerprint density at radius 3 is 1.43 bits per heavy atom. The van der Waals surface area contributed by atoms with E-state index in [4.69, 9.17) is 65.9 Å². The molecule has 0 spiro atoms. The van der Waals surface area contributed by atoms with Gasteiger partial charge in [-0.1, -0.05) is 42.8 Å². The fraction of sp³-hybridized carbons (Fsp3) is 0.449. The zero-order valence-electron chi connectivity index (χ0n) is 55.7. The van der Waals surface area contributed by atoms with Gasteiger partial charge in [0.1, 0.15) is 33.0 Å². The van der Waals surface area contributed by atoms with Gasteiger partial charge in [-0.05, 0) is 119 Å². The van der Waals surface area contributed by atoms with Crippen LogP contribution in [0.4, 0.5) is 51.7 Å². The van der Waals surface area contributed by atoms with Gasteiger partial charge in [0, 0.05) is 149 Å². The lowest BCUT2D eigenvalue weighted by molar-refractivity contribution is 0.0982. The molecule has 2 aromatic heterocycles. The molecule has 4 aliphatic heterocycles. The summed E-state index contributed by atoms with van der Waals surface area (Å²) in [7, 11) is 4.14. The number of sulfone groups is 2. The molecule has 6 aromatic rings. The number of ether oxygens (including phenoxy) is 4. The van der Waals surface area contributed by atoms with Crippen LogP contribution in [0.2, 0.25) is 15.3 Å². The fourth-order valence-corrected chi connectivity index (χ4v) is 13.8. The van der Waals surface area contributed by atoms with Crippen molar-refractivity contribution in [2.24, 2.45) is 0 Å². The summed E-state index contributed by atoms with van der Waals surface area (Å²) in [5, 5.41) is 9.99. The lowest BCUT2D eigenvalue weighted by Gasteiger charge is -2.43. The SMILES string of the molecule is C.COc1cc(N2CCC(N3CCN(C)CC3)CC2)c(C)cc1N.COc1cc(N2CCC(N3CCN(C)CC3)CC2)c(C)cc1Nc1ncc(Cl)c(Nc2cccc(OC)c2CS(C)(=O)=O)n1.COc1cccc(Nc2nc(Cl)ncc2Cl)c1CS(C)(=O)=O.[C-]#CC#CC#C. The molecule has 0 radical (unpaired) electrons. The number of methoxy groups -OCH3 is 4. The maximum absolute atomic E-state index is 12.1. The van der Waals surface area contributed by atoms with Crippen molar-refractivity contribution in [3.05, 3.63) is 117 Å². The molecular weight excluding hydrogens is 1320 g/mol. The van der Waals surface area contributed by atoms with E-state index in [0.717, 1.165) is 100 Å². The van der Waals surface area contributed by atoms with Gasteiger partial charge in [0.15, 0.2) is 31.3 Å². The summed E-state index contributed by atoms with van der Waals surface area (Å²) in [4.78, 5) is 31.8. The zero-order chi connectivity index (χ0) is 69.0. The van der Waals surface area contributed by atoms with Crippen LogP contribution < -0.4 is 50.4 Å². The van der Waals surface area contributed by atoms with Crippen LogP contribution in [0.5, 0.6) is 23.0 Å². The third kappa shape index (κ3) is 22.5. The number of anilines is 9. The number of aryl methyl sites for hydroxylation is 2. The topological polar surface area (TPSA) is 238 Å². The number of nitrogens with one attached hydrogen (secondary N) is 3. The number of halogens is 3. The average molecular weight is 1410 g/mol. The molecule has 4 aromatic carbocycles. The van der Waals surface area contributed by atoms with Crippen molar-refractivity contribution < 1.29 is 35.8 Å². The van der Waals surface area contributed by atoms with E-state index in [0.29, 0.717) is 57.6 Å². The van der Waals surface area contributed by atoms with Crippen molar-refractivity contribution >= 4 is 106 Å². The molecule has 0 bridgehead atoms. The van der Waals surface area contributed by atoms with E-state index >= 15 is 0 Å². The first kappa shape index (κ1) is 77.3. The van der Waals surface area contributed by atoms with E-state index in [1.165, 1.54) is 88.8 Å². The second-order valence-electron chi connectivity index (χ2n) is 23.6. The summed E-state index contributed by atoms with van der Waals surface area (Å²) >= 11 is 18.2. The van der Waals surface area contributed by atoms with Crippen LogP contribution in [0.25, 0.3) is 0 Å². The Morgan fingerprint density at radius 1 is 0.583 bits per heavy atom. The average Bonchev–Trinajstić information content (AvgIpc) is 0.821. The monoisotopic (exact) mass is 1410 g/mol. The van der Waals surface area contributed by atoms with Crippen molar-refractivity contribution in [3.8, 4) is 53.1 Å². The summed E-state index contributed by atoms with van der Waals surface area (Å²) in [6, 6.07) is 20.0. The number of aromatic nitrogens is 4. The first-order valence-electron chi connectivity index (χ1n) is 30.9. The van der Waals surface area contributed by atoms with E-state index < -0.39 is 19.7 Å². The number of hydrogen-bond donors (Lipinski definition) is 4. The van der Waals surface area contributed by atoms with Crippen molar-refractivity contribution in [3.63, 3.8) is 0 Å². The molecule has 10 rings (SSSR count). The first-order chi connectivity index (χ1) is 45.3. The van der Waals surface area contributed by atoms with Gasteiger partial charge >= 0.3 is 0 Å². The number of hydrogen-bond acceptors (Lipinski definition) is 22. The Bertz CT molecular complexity index is 3950. The molecule has 0 saturated carbocycles. The Hall–Kier alpha value is -7.67. The van der Waals surface area contributed by atoms with Gasteiger partial charge in [0.05, 0.1) is 63.7 Å². The number of piperidine rings is 2. The minimum atomic E-state index is -3.34. The predicted molar refractivity (Wildman–Crippen MR) is 391 cm³/mol. The number of terminal acetylenes is 1. The lowest BCUT2D eigenvalue weighted by atomic mass is 10.0. The Morgan fingerprint density at radius 2 is 1.01 bits per heavy atom. The first-order valence-corrected chi connectivity index (χ1v) is 36.1.